The Hall–Kier alpha value is -1.57. The zero-order chi connectivity index (χ0) is 22.1. The average molecular weight is 500 g/mol. The van der Waals surface area contributed by atoms with Gasteiger partial charge in [-0.1, -0.05) is 51.3 Å². The number of hydrogen-bond donors (Lipinski definition) is 2. The third kappa shape index (κ3) is 12.8. The second-order valence-electron chi connectivity index (χ2n) is 7.94. The summed E-state index contributed by atoms with van der Waals surface area (Å²) < 4.78 is 6.63. The van der Waals surface area contributed by atoms with E-state index in [1.54, 1.807) is 18.2 Å². The lowest BCUT2D eigenvalue weighted by molar-refractivity contribution is -0.927. The van der Waals surface area contributed by atoms with Crippen LogP contribution in [0.5, 0.6) is 5.75 Å². The van der Waals surface area contributed by atoms with Crippen LogP contribution in [-0.2, 0) is 0 Å². The maximum Gasteiger partial charge on any atom is 0.142 e. The van der Waals surface area contributed by atoms with Gasteiger partial charge in [-0.2, -0.15) is 0 Å². The number of likely N-dealkylation sites (tertiary alicyclic amines) is 1. The molecule has 6 nitrogen and oxygen atoms in total. The molecule has 31 heavy (non-hydrogen) atoms. The highest BCUT2D eigenvalue weighted by atomic mass is 79.9. The lowest BCUT2D eigenvalue weighted by atomic mass is 10.1. The van der Waals surface area contributed by atoms with Crippen LogP contribution in [0.3, 0.4) is 0 Å². The van der Waals surface area contributed by atoms with Crippen molar-refractivity contribution in [3.63, 3.8) is 0 Å². The molecule has 1 aromatic rings. The first kappa shape index (κ1) is 29.4. The van der Waals surface area contributed by atoms with Crippen molar-refractivity contribution in [2.24, 2.45) is 0 Å². The van der Waals surface area contributed by atoms with Crippen molar-refractivity contribution in [3.8, 4) is 5.75 Å². The predicted octanol–water partition coefficient (Wildman–Crippen LogP) is 0.960. The van der Waals surface area contributed by atoms with Crippen LogP contribution in [0.4, 0.5) is 10.5 Å². The Morgan fingerprint density at radius 2 is 1.87 bits per heavy atom. The van der Waals surface area contributed by atoms with Crippen LogP contribution in [-0.4, -0.2) is 55.1 Å². The Bertz CT molecular complexity index is 601. The van der Waals surface area contributed by atoms with Gasteiger partial charge in [-0.05, 0) is 43.9 Å². The molecule has 0 aromatic heterocycles. The first-order valence-corrected chi connectivity index (χ1v) is 11.3. The van der Waals surface area contributed by atoms with Gasteiger partial charge in [-0.3, -0.25) is 0 Å². The van der Waals surface area contributed by atoms with E-state index in [4.69, 9.17) is 9.84 Å². The van der Waals surface area contributed by atoms with Crippen molar-refractivity contribution < 1.29 is 41.2 Å². The first-order valence-electron chi connectivity index (χ1n) is 11.3. The van der Waals surface area contributed by atoms with E-state index in [1.807, 2.05) is 12.1 Å². The minimum Gasteiger partial charge on any atom is -1.00 e. The summed E-state index contributed by atoms with van der Waals surface area (Å²) in [6, 6.07) is 6.96. The summed E-state index contributed by atoms with van der Waals surface area (Å²) in [5, 5.41) is 21.7. The van der Waals surface area contributed by atoms with E-state index in [-0.39, 0.29) is 17.0 Å². The fourth-order valence-corrected chi connectivity index (χ4v) is 3.86. The predicted molar refractivity (Wildman–Crippen MR) is 121 cm³/mol. The van der Waals surface area contributed by atoms with E-state index in [0.29, 0.717) is 24.7 Å². The van der Waals surface area contributed by atoms with Crippen LogP contribution in [0.1, 0.15) is 58.3 Å². The number of carbonyl (C=O) groups is 1. The molecule has 0 spiro atoms. The molecule has 1 heterocycles. The zero-order valence-electron chi connectivity index (χ0n) is 19.0. The summed E-state index contributed by atoms with van der Waals surface area (Å²) in [6.45, 7) is 11.3. The molecule has 1 saturated heterocycles. The Balaban J connectivity index is 0.000000605. The van der Waals surface area contributed by atoms with Gasteiger partial charge in [0.15, 0.2) is 0 Å². The van der Waals surface area contributed by atoms with Gasteiger partial charge >= 0.3 is 0 Å². The maximum absolute atomic E-state index is 10.5. The van der Waals surface area contributed by atoms with Crippen LogP contribution < -0.4 is 32.1 Å². The minimum absolute atomic E-state index is 0. The molecule has 2 rings (SSSR count). The smallest absolute Gasteiger partial charge is 0.142 e. The first-order chi connectivity index (χ1) is 14.6. The molecular weight excluding hydrogens is 460 g/mol. The molecule has 0 radical (unpaired) electrons. The number of ether oxygens (including phenoxy) is 1. The molecule has 1 fully saturated rings. The molecule has 2 N–H and O–H groups in total. The number of halogens is 1. The van der Waals surface area contributed by atoms with E-state index < -0.39 is 6.09 Å². The van der Waals surface area contributed by atoms with E-state index in [1.165, 1.54) is 51.6 Å². The summed E-state index contributed by atoms with van der Waals surface area (Å²) in [7, 11) is 0. The summed E-state index contributed by atoms with van der Waals surface area (Å²) in [6.07, 6.45) is 10.5. The number of amides is 1. The lowest BCUT2D eigenvalue weighted by Gasteiger charge is -2.40. The molecule has 1 amide bonds. The molecule has 1 aliphatic rings. The Morgan fingerprint density at radius 3 is 2.48 bits per heavy atom. The zero-order valence-corrected chi connectivity index (χ0v) is 20.6. The normalized spacial score (nSPS) is 14.4. The number of rotatable bonds is 12. The second-order valence-corrected chi connectivity index (χ2v) is 7.94. The van der Waals surface area contributed by atoms with Gasteiger partial charge in [0.25, 0.3) is 0 Å². The average Bonchev–Trinajstić information content (AvgIpc) is 2.73. The Morgan fingerprint density at radius 1 is 1.19 bits per heavy atom. The van der Waals surface area contributed by atoms with E-state index in [2.05, 4.69) is 18.8 Å². The highest BCUT2D eigenvalue weighted by Gasteiger charge is 2.27. The van der Waals surface area contributed by atoms with Crippen molar-refractivity contribution in [2.75, 3.05) is 44.7 Å². The quantitative estimate of drug-likeness (QED) is 0.255. The van der Waals surface area contributed by atoms with E-state index >= 15 is 0 Å². The van der Waals surface area contributed by atoms with E-state index in [0.717, 1.165) is 30.4 Å². The monoisotopic (exact) mass is 499 g/mol. The van der Waals surface area contributed by atoms with Crippen molar-refractivity contribution >= 4 is 11.8 Å². The van der Waals surface area contributed by atoms with Crippen molar-refractivity contribution in [3.05, 3.63) is 36.9 Å². The molecule has 1 aromatic carbocycles. The summed E-state index contributed by atoms with van der Waals surface area (Å²) in [5.74, 6) is 0.553. The fraction of sp³-hybridized carbons (Fsp3) is 0.625. The number of aliphatic hydroxyl groups is 1. The van der Waals surface area contributed by atoms with Crippen LogP contribution in [0.15, 0.2) is 36.9 Å². The number of carboxylic acid groups (broad SMARTS) is 1. The molecule has 0 saturated carbocycles. The second kappa shape index (κ2) is 18.0. The summed E-state index contributed by atoms with van der Waals surface area (Å²) >= 11 is 0. The van der Waals surface area contributed by atoms with Gasteiger partial charge in [0.05, 0.1) is 38.5 Å². The third-order valence-corrected chi connectivity index (χ3v) is 5.48. The topological polar surface area (TPSA) is 81.6 Å². The van der Waals surface area contributed by atoms with Crippen LogP contribution in [0.25, 0.3) is 0 Å². The molecule has 0 atom stereocenters. The minimum atomic E-state index is -1.33. The SMILES string of the molecule is C=CC[N+]1(CCO)CCCCC1.CCCCCCCOc1ccccc1NC(=O)[O-].[Br-]. The van der Waals surface area contributed by atoms with Crippen LogP contribution in [0.2, 0.25) is 0 Å². The number of para-hydroxylation sites is 2. The fourth-order valence-electron chi connectivity index (χ4n) is 3.86. The largest absolute Gasteiger partial charge is 1.00 e. The van der Waals surface area contributed by atoms with Gasteiger partial charge in [0, 0.05) is 0 Å². The van der Waals surface area contributed by atoms with Crippen molar-refractivity contribution in [2.45, 2.75) is 58.3 Å². The van der Waals surface area contributed by atoms with Crippen LogP contribution >= 0.6 is 0 Å². The maximum atomic E-state index is 10.5. The molecule has 1 aliphatic heterocycles. The van der Waals surface area contributed by atoms with Gasteiger partial charge in [-0.15, -0.1) is 0 Å². The van der Waals surface area contributed by atoms with Crippen molar-refractivity contribution in [1.29, 1.82) is 0 Å². The highest BCUT2D eigenvalue weighted by Crippen LogP contribution is 2.23. The Kier molecular flexibility index (Phi) is 17.1. The van der Waals surface area contributed by atoms with Gasteiger partial charge < -0.3 is 46.5 Å². The number of nitrogens with one attached hydrogen (secondary N) is 1. The summed E-state index contributed by atoms with van der Waals surface area (Å²) in [4.78, 5) is 10.5. The molecule has 0 unspecified atom stereocenters. The number of piperidine rings is 1. The Labute approximate surface area is 198 Å². The van der Waals surface area contributed by atoms with Gasteiger partial charge in [0.2, 0.25) is 0 Å². The van der Waals surface area contributed by atoms with Crippen molar-refractivity contribution in [1.82, 2.24) is 0 Å². The highest BCUT2D eigenvalue weighted by molar-refractivity contribution is 5.83. The molecule has 7 heteroatoms. The molecular formula is C24H40BrN2O4-. The van der Waals surface area contributed by atoms with E-state index in [9.17, 15) is 9.90 Å². The number of carbonyl (C=O) groups excluding carboxylic acids is 1. The standard InChI is InChI=1S/C14H21NO3.C10H20NO.BrH/c1-2-3-4-5-8-11-18-13-10-7-6-9-12(13)15-14(16)17;1-2-6-11(9-10-12)7-4-3-5-8-11;/h6-7,9-10,15H,2-5,8,11H2,1H3,(H,16,17);2,12H,1,3-10H2;1H/q;+1;/p-2. The number of quaternary nitrogens is 1. The number of hydrogen-bond acceptors (Lipinski definition) is 4. The van der Waals surface area contributed by atoms with Gasteiger partial charge in [-0.25, -0.2) is 0 Å². The number of nitrogens with zero attached hydrogens (tertiary/aromatic N) is 1. The molecule has 0 bridgehead atoms. The molecule has 0 aliphatic carbocycles. The summed E-state index contributed by atoms with van der Waals surface area (Å²) in [5.41, 5.74) is 0.436. The number of benzene rings is 1. The lowest BCUT2D eigenvalue weighted by Crippen LogP contribution is -3.00. The van der Waals surface area contributed by atoms with Crippen LogP contribution in [0, 0.1) is 0 Å². The number of anilines is 1. The third-order valence-electron chi connectivity index (χ3n) is 5.48. The number of aliphatic hydroxyl groups excluding tert-OH is 1. The van der Waals surface area contributed by atoms with Gasteiger partial charge in [0.1, 0.15) is 18.4 Å². The number of unbranched alkanes of at least 4 members (excludes halogenated alkanes) is 4. The molecule has 178 valence electrons.